The number of imide groups is 1. The second kappa shape index (κ2) is 7.68. The molecule has 2 aliphatic rings. The number of hydrogen-bond donors (Lipinski definition) is 1. The van der Waals surface area contributed by atoms with Gasteiger partial charge in [-0.1, -0.05) is 29.8 Å². The lowest BCUT2D eigenvalue weighted by Gasteiger charge is -2.39. The minimum Gasteiger partial charge on any atom is -0.323 e. The summed E-state index contributed by atoms with van der Waals surface area (Å²) in [6.45, 7) is 7.19. The van der Waals surface area contributed by atoms with Crippen LogP contribution in [-0.2, 0) is 17.9 Å². The highest BCUT2D eigenvalue weighted by Crippen LogP contribution is 2.34. The maximum absolute atomic E-state index is 13.1. The number of carbonyl (C=O) groups is 2. The fraction of sp³-hybridized carbons (Fsp3) is 0.455. The molecule has 28 heavy (non-hydrogen) atoms. The van der Waals surface area contributed by atoms with E-state index in [1.807, 2.05) is 23.8 Å². The van der Waals surface area contributed by atoms with Crippen LogP contribution < -0.4 is 5.32 Å². The van der Waals surface area contributed by atoms with Gasteiger partial charge >= 0.3 is 6.03 Å². The lowest BCUT2D eigenvalue weighted by Crippen LogP contribution is -2.53. The van der Waals surface area contributed by atoms with Crippen LogP contribution in [0.2, 0.25) is 0 Å². The molecule has 0 saturated carbocycles. The Morgan fingerprint density at radius 3 is 2.43 bits per heavy atom. The van der Waals surface area contributed by atoms with Crippen LogP contribution in [0.25, 0.3) is 0 Å². The van der Waals surface area contributed by atoms with Crippen molar-refractivity contribution in [3.63, 3.8) is 0 Å². The molecule has 3 heterocycles. The first-order valence-electron chi connectivity index (χ1n) is 9.89. The van der Waals surface area contributed by atoms with Gasteiger partial charge in [0.15, 0.2) is 0 Å². The van der Waals surface area contributed by atoms with Crippen molar-refractivity contribution < 1.29 is 9.59 Å². The number of carbonyl (C=O) groups excluding carboxylic acids is 2. The molecule has 0 bridgehead atoms. The summed E-state index contributed by atoms with van der Waals surface area (Å²) in [5.41, 5.74) is 2.81. The maximum Gasteiger partial charge on any atom is 0.325 e. The number of amides is 3. The molecular formula is C22H27N3O2S. The molecule has 1 unspecified atom stereocenters. The largest absolute Gasteiger partial charge is 0.325 e. The Morgan fingerprint density at radius 1 is 1.07 bits per heavy atom. The van der Waals surface area contributed by atoms with E-state index in [2.05, 4.69) is 41.4 Å². The molecule has 2 aromatic rings. The normalized spacial score (nSPS) is 24.0. The number of benzene rings is 1. The van der Waals surface area contributed by atoms with E-state index in [0.29, 0.717) is 6.54 Å². The summed E-state index contributed by atoms with van der Waals surface area (Å²) in [5.74, 6) is 0.0892. The topological polar surface area (TPSA) is 52.7 Å². The van der Waals surface area contributed by atoms with E-state index in [1.165, 1.54) is 16.0 Å². The van der Waals surface area contributed by atoms with Gasteiger partial charge in [0.25, 0.3) is 5.91 Å². The maximum atomic E-state index is 13.1. The third kappa shape index (κ3) is 3.71. The summed E-state index contributed by atoms with van der Waals surface area (Å²) >= 11 is 1.58. The monoisotopic (exact) mass is 397 g/mol. The van der Waals surface area contributed by atoms with Crippen molar-refractivity contribution in [2.45, 2.75) is 45.3 Å². The Kier molecular flexibility index (Phi) is 5.25. The van der Waals surface area contributed by atoms with Crippen LogP contribution in [0, 0.1) is 12.8 Å². The van der Waals surface area contributed by atoms with E-state index in [4.69, 9.17) is 0 Å². The highest BCUT2D eigenvalue weighted by molar-refractivity contribution is 7.07. The molecule has 0 spiro atoms. The molecule has 2 fully saturated rings. The van der Waals surface area contributed by atoms with Crippen molar-refractivity contribution >= 4 is 23.3 Å². The fourth-order valence-corrected chi connectivity index (χ4v) is 4.98. The summed E-state index contributed by atoms with van der Waals surface area (Å²) in [6.07, 6.45) is 1.83. The molecule has 0 aliphatic carbocycles. The zero-order valence-corrected chi connectivity index (χ0v) is 17.3. The molecule has 1 aromatic heterocycles. The molecule has 5 nitrogen and oxygen atoms in total. The van der Waals surface area contributed by atoms with Crippen molar-refractivity contribution in [3.8, 4) is 0 Å². The van der Waals surface area contributed by atoms with Crippen LogP contribution in [0.3, 0.4) is 0 Å². The standard InChI is InChI=1S/C22H27N3O2S/c1-16-3-5-17(6-4-16)13-24-10-7-19(8-11-24)22(2)20(26)25(21(27)23-22)14-18-9-12-28-15-18/h3-6,9,12,15,19H,7-8,10-11,13-14H2,1-2H3,(H,23,27). The van der Waals surface area contributed by atoms with Crippen LogP contribution >= 0.6 is 11.3 Å². The summed E-state index contributed by atoms with van der Waals surface area (Å²) in [5, 5.41) is 6.96. The minimum atomic E-state index is -0.789. The minimum absolute atomic E-state index is 0.0827. The van der Waals surface area contributed by atoms with Gasteiger partial charge in [-0.2, -0.15) is 11.3 Å². The quantitative estimate of drug-likeness (QED) is 0.781. The zero-order chi connectivity index (χ0) is 19.7. The van der Waals surface area contributed by atoms with Crippen LogP contribution in [-0.4, -0.2) is 40.4 Å². The highest BCUT2D eigenvalue weighted by atomic mass is 32.1. The number of rotatable bonds is 5. The van der Waals surface area contributed by atoms with Crippen LogP contribution in [0.15, 0.2) is 41.1 Å². The molecule has 148 valence electrons. The van der Waals surface area contributed by atoms with Gasteiger partial charge in [0.2, 0.25) is 0 Å². The van der Waals surface area contributed by atoms with E-state index < -0.39 is 5.54 Å². The first kappa shape index (κ1) is 19.2. The Bertz CT molecular complexity index is 841. The van der Waals surface area contributed by atoms with Crippen molar-refractivity contribution in [3.05, 3.63) is 57.8 Å². The van der Waals surface area contributed by atoms with Crippen molar-refractivity contribution in [2.75, 3.05) is 13.1 Å². The number of nitrogens with one attached hydrogen (secondary N) is 1. The van der Waals surface area contributed by atoms with Gasteiger partial charge in [0, 0.05) is 6.54 Å². The molecule has 1 aromatic carbocycles. The molecule has 3 amide bonds. The first-order valence-corrected chi connectivity index (χ1v) is 10.8. The molecule has 1 atom stereocenters. The summed E-state index contributed by atoms with van der Waals surface area (Å²) in [4.78, 5) is 29.4. The summed E-state index contributed by atoms with van der Waals surface area (Å²) < 4.78 is 0. The number of thiophene rings is 1. The van der Waals surface area contributed by atoms with Crippen molar-refractivity contribution in [1.82, 2.24) is 15.1 Å². The predicted molar refractivity (Wildman–Crippen MR) is 111 cm³/mol. The lowest BCUT2D eigenvalue weighted by atomic mass is 9.79. The molecule has 4 rings (SSSR count). The highest BCUT2D eigenvalue weighted by Gasteiger charge is 2.52. The summed E-state index contributed by atoms with van der Waals surface area (Å²) in [6, 6.07) is 10.4. The van der Waals surface area contributed by atoms with E-state index in [9.17, 15) is 9.59 Å². The van der Waals surface area contributed by atoms with E-state index in [0.717, 1.165) is 38.0 Å². The van der Waals surface area contributed by atoms with Gasteiger partial charge in [-0.05, 0) is 73.6 Å². The van der Waals surface area contributed by atoms with E-state index >= 15 is 0 Å². The molecule has 2 aliphatic heterocycles. The Balaban J connectivity index is 1.37. The Labute approximate surface area is 170 Å². The van der Waals surface area contributed by atoms with Crippen LogP contribution in [0.1, 0.15) is 36.5 Å². The van der Waals surface area contributed by atoms with Crippen LogP contribution in [0.4, 0.5) is 4.79 Å². The average Bonchev–Trinajstić information content (AvgIpc) is 3.27. The smallest absolute Gasteiger partial charge is 0.323 e. The molecule has 2 saturated heterocycles. The lowest BCUT2D eigenvalue weighted by molar-refractivity contribution is -0.133. The number of urea groups is 1. The van der Waals surface area contributed by atoms with E-state index in [1.54, 1.807) is 11.3 Å². The third-order valence-electron chi connectivity index (χ3n) is 6.15. The van der Waals surface area contributed by atoms with Gasteiger partial charge in [-0.15, -0.1) is 0 Å². The van der Waals surface area contributed by atoms with E-state index in [-0.39, 0.29) is 17.9 Å². The average molecular weight is 398 g/mol. The SMILES string of the molecule is Cc1ccc(CN2CCC(C3(C)NC(=O)N(Cc4ccsc4)C3=O)CC2)cc1. The van der Waals surface area contributed by atoms with Gasteiger partial charge in [-0.3, -0.25) is 14.6 Å². The van der Waals surface area contributed by atoms with Crippen LogP contribution in [0.5, 0.6) is 0 Å². The van der Waals surface area contributed by atoms with Gasteiger partial charge in [0.1, 0.15) is 5.54 Å². The number of nitrogens with zero attached hydrogens (tertiary/aromatic N) is 2. The summed E-state index contributed by atoms with van der Waals surface area (Å²) in [7, 11) is 0. The number of piperidine rings is 1. The van der Waals surface area contributed by atoms with Gasteiger partial charge in [-0.25, -0.2) is 4.79 Å². The van der Waals surface area contributed by atoms with Gasteiger partial charge in [0.05, 0.1) is 6.54 Å². The fourth-order valence-electron chi connectivity index (χ4n) is 4.32. The second-order valence-corrected chi connectivity index (χ2v) is 8.97. The second-order valence-electron chi connectivity index (χ2n) is 8.19. The molecule has 6 heteroatoms. The third-order valence-corrected chi connectivity index (χ3v) is 6.88. The molecule has 1 N–H and O–H groups in total. The number of hydrogen-bond acceptors (Lipinski definition) is 4. The first-order chi connectivity index (χ1) is 13.5. The number of aryl methyl sites for hydroxylation is 1. The Morgan fingerprint density at radius 2 is 1.79 bits per heavy atom. The predicted octanol–water partition coefficient (Wildman–Crippen LogP) is 3.78. The zero-order valence-electron chi connectivity index (χ0n) is 16.5. The van der Waals surface area contributed by atoms with Crippen molar-refractivity contribution in [2.24, 2.45) is 5.92 Å². The number of likely N-dealkylation sites (tertiary alicyclic amines) is 1. The van der Waals surface area contributed by atoms with Crippen molar-refractivity contribution in [1.29, 1.82) is 0 Å². The molecular weight excluding hydrogens is 370 g/mol. The van der Waals surface area contributed by atoms with Gasteiger partial charge < -0.3 is 5.32 Å². The Hall–Kier alpha value is -2.18. The molecule has 0 radical (unpaired) electrons.